The van der Waals surface area contributed by atoms with Gasteiger partial charge < -0.3 is 14.8 Å². The van der Waals surface area contributed by atoms with Gasteiger partial charge in [-0.1, -0.05) is 17.7 Å². The minimum atomic E-state index is -0.272. The quantitative estimate of drug-likeness (QED) is 0.917. The second-order valence-electron chi connectivity index (χ2n) is 4.99. The van der Waals surface area contributed by atoms with Gasteiger partial charge in [0.05, 0.1) is 24.9 Å². The molecule has 22 heavy (non-hydrogen) atoms. The molecule has 0 aliphatic rings. The normalized spacial score (nSPS) is 10.2. The van der Waals surface area contributed by atoms with Gasteiger partial charge in [0.25, 0.3) is 5.91 Å². The molecule has 1 N–H and O–H groups in total. The highest BCUT2D eigenvalue weighted by molar-refractivity contribution is 6.34. The van der Waals surface area contributed by atoms with E-state index in [0.717, 1.165) is 11.1 Å². The zero-order valence-electron chi connectivity index (χ0n) is 13.0. The Morgan fingerprint density at radius 3 is 2.09 bits per heavy atom. The van der Waals surface area contributed by atoms with Gasteiger partial charge in [-0.25, -0.2) is 0 Å². The number of nitrogens with one attached hydrogen (secondary N) is 1. The van der Waals surface area contributed by atoms with Crippen molar-refractivity contribution in [3.05, 3.63) is 52.0 Å². The van der Waals surface area contributed by atoms with Crippen LogP contribution in [-0.2, 0) is 0 Å². The summed E-state index contributed by atoms with van der Waals surface area (Å²) < 4.78 is 10.3. The van der Waals surface area contributed by atoms with E-state index in [1.807, 2.05) is 26.0 Å². The summed E-state index contributed by atoms with van der Waals surface area (Å²) in [6, 6.07) is 8.79. The third-order valence-corrected chi connectivity index (χ3v) is 3.58. The lowest BCUT2D eigenvalue weighted by atomic mass is 10.1. The fraction of sp³-hybridized carbons (Fsp3) is 0.235. The number of benzene rings is 2. The van der Waals surface area contributed by atoms with Crippen LogP contribution in [0.1, 0.15) is 21.5 Å². The van der Waals surface area contributed by atoms with Gasteiger partial charge in [0.2, 0.25) is 0 Å². The highest BCUT2D eigenvalue weighted by Gasteiger charge is 2.13. The summed E-state index contributed by atoms with van der Waals surface area (Å²) in [5.74, 6) is 0.832. The third kappa shape index (κ3) is 3.52. The van der Waals surface area contributed by atoms with Crippen LogP contribution in [0.15, 0.2) is 30.3 Å². The first-order valence-corrected chi connectivity index (χ1v) is 7.13. The molecule has 0 aromatic heterocycles. The van der Waals surface area contributed by atoms with Crippen molar-refractivity contribution in [1.82, 2.24) is 0 Å². The standard InChI is InChI=1S/C17H18ClNO3/c1-10-5-11(2)16(15(18)6-10)19-17(20)12-7-13(21-3)9-14(8-12)22-4/h5-9H,1-4H3,(H,19,20). The van der Waals surface area contributed by atoms with Crippen molar-refractivity contribution in [2.45, 2.75) is 13.8 Å². The Kier molecular flexibility index (Phi) is 4.93. The predicted molar refractivity (Wildman–Crippen MR) is 88.4 cm³/mol. The van der Waals surface area contributed by atoms with Crippen LogP contribution in [0.4, 0.5) is 5.69 Å². The Hall–Kier alpha value is -2.20. The molecule has 4 nitrogen and oxygen atoms in total. The molecule has 0 radical (unpaired) electrons. The summed E-state index contributed by atoms with van der Waals surface area (Å²) in [6.45, 7) is 3.86. The summed E-state index contributed by atoms with van der Waals surface area (Å²) in [6.07, 6.45) is 0. The molecular weight excluding hydrogens is 302 g/mol. The lowest BCUT2D eigenvalue weighted by Crippen LogP contribution is -2.13. The molecule has 0 saturated carbocycles. The number of hydrogen-bond acceptors (Lipinski definition) is 3. The van der Waals surface area contributed by atoms with Crippen molar-refractivity contribution in [3.8, 4) is 11.5 Å². The predicted octanol–water partition coefficient (Wildman–Crippen LogP) is 4.23. The van der Waals surface area contributed by atoms with E-state index in [-0.39, 0.29) is 5.91 Å². The molecule has 2 aromatic rings. The van der Waals surface area contributed by atoms with Gasteiger partial charge in [-0.2, -0.15) is 0 Å². The summed E-state index contributed by atoms with van der Waals surface area (Å²) in [4.78, 5) is 12.5. The number of ether oxygens (including phenoxy) is 2. The molecule has 0 fully saturated rings. The molecule has 5 heteroatoms. The minimum absolute atomic E-state index is 0.272. The first-order chi connectivity index (χ1) is 10.4. The Morgan fingerprint density at radius 2 is 1.59 bits per heavy atom. The Bertz CT molecular complexity index is 668. The van der Waals surface area contributed by atoms with Crippen LogP contribution in [0.2, 0.25) is 5.02 Å². The van der Waals surface area contributed by atoms with Gasteiger partial charge in [-0.3, -0.25) is 4.79 Å². The third-order valence-electron chi connectivity index (χ3n) is 3.28. The average molecular weight is 320 g/mol. The lowest BCUT2D eigenvalue weighted by Gasteiger charge is -2.13. The molecule has 0 heterocycles. The number of anilines is 1. The zero-order valence-corrected chi connectivity index (χ0v) is 13.7. The van der Waals surface area contributed by atoms with E-state index in [1.165, 1.54) is 14.2 Å². The number of amides is 1. The topological polar surface area (TPSA) is 47.6 Å². The van der Waals surface area contributed by atoms with Crippen molar-refractivity contribution < 1.29 is 14.3 Å². The molecule has 116 valence electrons. The van der Waals surface area contributed by atoms with Crippen LogP contribution >= 0.6 is 11.6 Å². The van der Waals surface area contributed by atoms with Crippen LogP contribution < -0.4 is 14.8 Å². The molecule has 0 aliphatic heterocycles. The lowest BCUT2D eigenvalue weighted by molar-refractivity contribution is 0.102. The van der Waals surface area contributed by atoms with Crippen LogP contribution in [0, 0.1) is 13.8 Å². The van der Waals surface area contributed by atoms with Crippen LogP contribution in [0.3, 0.4) is 0 Å². The summed E-state index contributed by atoms with van der Waals surface area (Å²) >= 11 is 6.22. The van der Waals surface area contributed by atoms with Crippen LogP contribution in [-0.4, -0.2) is 20.1 Å². The average Bonchev–Trinajstić information content (AvgIpc) is 2.49. The van der Waals surface area contributed by atoms with Crippen molar-refractivity contribution in [2.24, 2.45) is 0 Å². The Balaban J connectivity index is 2.34. The fourth-order valence-corrected chi connectivity index (χ4v) is 2.57. The number of hydrogen-bond donors (Lipinski definition) is 1. The molecule has 0 spiro atoms. The number of halogens is 1. The second-order valence-corrected chi connectivity index (χ2v) is 5.40. The molecule has 0 aliphatic carbocycles. The van der Waals surface area contributed by atoms with E-state index in [1.54, 1.807) is 18.2 Å². The molecular formula is C17H18ClNO3. The SMILES string of the molecule is COc1cc(OC)cc(C(=O)Nc2c(C)cc(C)cc2Cl)c1. The summed E-state index contributed by atoms with van der Waals surface area (Å²) in [7, 11) is 3.08. The van der Waals surface area contributed by atoms with Gasteiger partial charge >= 0.3 is 0 Å². The van der Waals surface area contributed by atoms with E-state index in [2.05, 4.69) is 5.32 Å². The first kappa shape index (κ1) is 16.2. The number of rotatable bonds is 4. The molecule has 2 rings (SSSR count). The molecule has 0 saturated heterocycles. The smallest absolute Gasteiger partial charge is 0.255 e. The van der Waals surface area contributed by atoms with E-state index in [4.69, 9.17) is 21.1 Å². The monoisotopic (exact) mass is 319 g/mol. The molecule has 2 aromatic carbocycles. The van der Waals surface area contributed by atoms with E-state index >= 15 is 0 Å². The number of carbonyl (C=O) groups is 1. The van der Waals surface area contributed by atoms with Gasteiger partial charge in [-0.05, 0) is 43.2 Å². The highest BCUT2D eigenvalue weighted by Crippen LogP contribution is 2.29. The minimum Gasteiger partial charge on any atom is -0.497 e. The fourth-order valence-electron chi connectivity index (χ4n) is 2.20. The zero-order chi connectivity index (χ0) is 16.3. The summed E-state index contributed by atoms with van der Waals surface area (Å²) in [5, 5.41) is 3.36. The summed E-state index contributed by atoms with van der Waals surface area (Å²) in [5.41, 5.74) is 3.00. The second kappa shape index (κ2) is 6.71. The van der Waals surface area contributed by atoms with Crippen LogP contribution in [0.5, 0.6) is 11.5 Å². The molecule has 0 unspecified atom stereocenters. The number of aryl methyl sites for hydroxylation is 2. The maximum Gasteiger partial charge on any atom is 0.255 e. The largest absolute Gasteiger partial charge is 0.497 e. The van der Waals surface area contributed by atoms with Crippen molar-refractivity contribution in [3.63, 3.8) is 0 Å². The molecule has 0 atom stereocenters. The van der Waals surface area contributed by atoms with Gasteiger partial charge in [-0.15, -0.1) is 0 Å². The van der Waals surface area contributed by atoms with Gasteiger partial charge in [0.1, 0.15) is 11.5 Å². The van der Waals surface area contributed by atoms with Crippen molar-refractivity contribution in [2.75, 3.05) is 19.5 Å². The van der Waals surface area contributed by atoms with Gasteiger partial charge in [0.15, 0.2) is 0 Å². The Morgan fingerprint density at radius 1 is 1.00 bits per heavy atom. The van der Waals surface area contributed by atoms with Gasteiger partial charge in [0, 0.05) is 11.6 Å². The Labute approximate surface area is 135 Å². The van der Waals surface area contributed by atoms with E-state index < -0.39 is 0 Å². The maximum atomic E-state index is 12.5. The number of carbonyl (C=O) groups excluding carboxylic acids is 1. The maximum absolute atomic E-state index is 12.5. The molecule has 0 bridgehead atoms. The van der Waals surface area contributed by atoms with E-state index in [9.17, 15) is 4.79 Å². The molecule has 1 amide bonds. The highest BCUT2D eigenvalue weighted by atomic mass is 35.5. The first-order valence-electron chi connectivity index (χ1n) is 6.75. The van der Waals surface area contributed by atoms with Crippen LogP contribution in [0.25, 0.3) is 0 Å². The number of methoxy groups -OCH3 is 2. The van der Waals surface area contributed by atoms with Crippen molar-refractivity contribution >= 4 is 23.2 Å². The van der Waals surface area contributed by atoms with E-state index in [0.29, 0.717) is 27.8 Å². The van der Waals surface area contributed by atoms with Crippen molar-refractivity contribution in [1.29, 1.82) is 0 Å².